The third-order valence-electron chi connectivity index (χ3n) is 4.17. The normalized spacial score (nSPS) is 22.2. The number of piperazine rings is 1. The number of carbonyl (C=O) groups excluding carboxylic acids is 1. The molecule has 0 radical (unpaired) electrons. The van der Waals surface area contributed by atoms with Crippen LogP contribution in [0.1, 0.15) is 12.5 Å². The van der Waals surface area contributed by atoms with Gasteiger partial charge in [-0.05, 0) is 25.0 Å². The van der Waals surface area contributed by atoms with E-state index in [4.69, 9.17) is 0 Å². The predicted octanol–water partition coefficient (Wildman–Crippen LogP) is 1.29. The zero-order valence-electron chi connectivity index (χ0n) is 11.8. The van der Waals surface area contributed by atoms with E-state index in [1.54, 1.807) is 0 Å². The highest BCUT2D eigenvalue weighted by Gasteiger charge is 2.27. The number of hydrogen-bond acceptors (Lipinski definition) is 3. The molecule has 3 rings (SSSR count). The first-order chi connectivity index (χ1) is 9.25. The number of benzene rings is 1. The van der Waals surface area contributed by atoms with E-state index in [1.165, 1.54) is 5.56 Å². The summed E-state index contributed by atoms with van der Waals surface area (Å²) in [6, 6.07) is 8.68. The molecule has 4 nitrogen and oxygen atoms in total. The lowest BCUT2D eigenvalue weighted by atomic mass is 10.2. The topological polar surface area (TPSA) is 35.6 Å². The molecule has 0 saturated carbocycles. The molecule has 1 N–H and O–H groups in total. The van der Waals surface area contributed by atoms with Crippen molar-refractivity contribution < 1.29 is 4.79 Å². The lowest BCUT2D eigenvalue weighted by Gasteiger charge is -2.34. The van der Waals surface area contributed by atoms with Crippen molar-refractivity contribution in [2.75, 3.05) is 37.6 Å². The number of nitrogens with one attached hydrogen (secondary N) is 1. The quantitative estimate of drug-likeness (QED) is 0.893. The van der Waals surface area contributed by atoms with E-state index >= 15 is 0 Å². The van der Waals surface area contributed by atoms with Gasteiger partial charge in [0, 0.05) is 37.9 Å². The average Bonchev–Trinajstić information content (AvgIpc) is 2.85. The van der Waals surface area contributed by atoms with E-state index in [0.29, 0.717) is 12.6 Å². The van der Waals surface area contributed by atoms with Crippen molar-refractivity contribution in [2.45, 2.75) is 19.4 Å². The fourth-order valence-electron chi connectivity index (χ4n) is 2.97. The van der Waals surface area contributed by atoms with Crippen molar-refractivity contribution in [1.29, 1.82) is 0 Å². The van der Waals surface area contributed by atoms with Gasteiger partial charge in [0.05, 0.1) is 6.54 Å². The Kier molecular flexibility index (Phi) is 5.02. The standard InChI is InChI=1S/C15H21N3O.ClH/c1-12-10-16-7-9-17(12)11-15(19)18-8-6-13-4-2-3-5-14(13)18;/h2-5,12,16H,6-11H2,1H3;1H/t12-;/m1./s1. The van der Waals surface area contributed by atoms with Crippen LogP contribution >= 0.6 is 12.4 Å². The minimum atomic E-state index is 0. The molecule has 1 atom stereocenters. The number of hydrogen-bond donors (Lipinski definition) is 1. The molecule has 2 heterocycles. The Morgan fingerprint density at radius 1 is 1.35 bits per heavy atom. The number of para-hydroxylation sites is 1. The number of carbonyl (C=O) groups is 1. The van der Waals surface area contributed by atoms with Crippen molar-refractivity contribution in [3.05, 3.63) is 29.8 Å². The molecule has 1 aromatic rings. The molecule has 1 fully saturated rings. The van der Waals surface area contributed by atoms with E-state index in [-0.39, 0.29) is 18.3 Å². The second-order valence-electron chi connectivity index (χ2n) is 5.45. The van der Waals surface area contributed by atoms with E-state index in [9.17, 15) is 4.79 Å². The van der Waals surface area contributed by atoms with Gasteiger partial charge in [0.1, 0.15) is 0 Å². The Hall–Kier alpha value is -1.10. The molecule has 5 heteroatoms. The first kappa shape index (κ1) is 15.3. The van der Waals surface area contributed by atoms with Crippen LogP contribution in [0.3, 0.4) is 0 Å². The van der Waals surface area contributed by atoms with Gasteiger partial charge in [-0.15, -0.1) is 12.4 Å². The molecule has 1 amide bonds. The SMILES string of the molecule is C[C@@H]1CNCCN1CC(=O)N1CCc2ccccc21.Cl. The van der Waals surface area contributed by atoms with Crippen LogP contribution < -0.4 is 10.2 Å². The summed E-state index contributed by atoms with van der Waals surface area (Å²) in [6.07, 6.45) is 0.985. The Morgan fingerprint density at radius 3 is 2.95 bits per heavy atom. The monoisotopic (exact) mass is 295 g/mol. The molecule has 110 valence electrons. The van der Waals surface area contributed by atoms with E-state index < -0.39 is 0 Å². The summed E-state index contributed by atoms with van der Waals surface area (Å²) in [4.78, 5) is 16.7. The minimum absolute atomic E-state index is 0. The highest BCUT2D eigenvalue weighted by Crippen LogP contribution is 2.27. The number of anilines is 1. The van der Waals surface area contributed by atoms with Crippen LogP contribution in [0.5, 0.6) is 0 Å². The van der Waals surface area contributed by atoms with Gasteiger partial charge < -0.3 is 10.2 Å². The zero-order valence-corrected chi connectivity index (χ0v) is 12.7. The molecule has 1 aromatic carbocycles. The second kappa shape index (κ2) is 6.57. The highest BCUT2D eigenvalue weighted by molar-refractivity contribution is 5.96. The third kappa shape index (κ3) is 2.97. The largest absolute Gasteiger partial charge is 0.314 e. The van der Waals surface area contributed by atoms with Crippen molar-refractivity contribution in [2.24, 2.45) is 0 Å². The summed E-state index contributed by atoms with van der Waals surface area (Å²) >= 11 is 0. The van der Waals surface area contributed by atoms with Gasteiger partial charge in [-0.3, -0.25) is 9.69 Å². The third-order valence-corrected chi connectivity index (χ3v) is 4.17. The zero-order chi connectivity index (χ0) is 13.2. The van der Waals surface area contributed by atoms with Crippen LogP contribution in [0.25, 0.3) is 0 Å². The molecule has 0 aliphatic carbocycles. The molecular weight excluding hydrogens is 274 g/mol. The van der Waals surface area contributed by atoms with Gasteiger partial charge >= 0.3 is 0 Å². The lowest BCUT2D eigenvalue weighted by Crippen LogP contribution is -2.53. The Balaban J connectivity index is 0.00000147. The maximum absolute atomic E-state index is 12.5. The fraction of sp³-hybridized carbons (Fsp3) is 0.533. The number of fused-ring (bicyclic) bond motifs is 1. The van der Waals surface area contributed by atoms with Gasteiger partial charge in [0.15, 0.2) is 0 Å². The highest BCUT2D eigenvalue weighted by atomic mass is 35.5. The second-order valence-corrected chi connectivity index (χ2v) is 5.45. The van der Waals surface area contributed by atoms with Gasteiger partial charge in [-0.1, -0.05) is 18.2 Å². The van der Waals surface area contributed by atoms with Gasteiger partial charge in [-0.25, -0.2) is 0 Å². The maximum Gasteiger partial charge on any atom is 0.241 e. The molecule has 1 saturated heterocycles. The first-order valence-corrected chi connectivity index (χ1v) is 7.09. The molecule has 20 heavy (non-hydrogen) atoms. The molecule has 0 spiro atoms. The van der Waals surface area contributed by atoms with Crippen molar-refractivity contribution in [3.63, 3.8) is 0 Å². The number of nitrogens with zero attached hydrogens (tertiary/aromatic N) is 2. The summed E-state index contributed by atoms with van der Waals surface area (Å²) in [5, 5.41) is 3.36. The number of amides is 1. The number of halogens is 1. The van der Waals surface area contributed by atoms with Crippen molar-refractivity contribution >= 4 is 24.0 Å². The summed E-state index contributed by atoms with van der Waals surface area (Å²) in [5.41, 5.74) is 2.40. The Bertz CT molecular complexity index is 480. The smallest absolute Gasteiger partial charge is 0.241 e. The first-order valence-electron chi connectivity index (χ1n) is 7.09. The van der Waals surface area contributed by atoms with Crippen molar-refractivity contribution in [1.82, 2.24) is 10.2 Å². The molecular formula is C15H22ClN3O. The summed E-state index contributed by atoms with van der Waals surface area (Å²) < 4.78 is 0. The Labute approximate surface area is 126 Å². The van der Waals surface area contributed by atoms with Crippen LogP contribution in [0.15, 0.2) is 24.3 Å². The average molecular weight is 296 g/mol. The maximum atomic E-state index is 12.5. The molecule has 2 aliphatic rings. The molecule has 0 aromatic heterocycles. The van der Waals surface area contributed by atoms with E-state index in [2.05, 4.69) is 29.3 Å². The molecule has 0 bridgehead atoms. The van der Waals surface area contributed by atoms with E-state index in [0.717, 1.165) is 38.3 Å². The van der Waals surface area contributed by atoms with Crippen LogP contribution in [0, 0.1) is 0 Å². The fourth-order valence-corrected chi connectivity index (χ4v) is 2.97. The van der Waals surface area contributed by atoms with Gasteiger partial charge in [0.2, 0.25) is 5.91 Å². The Morgan fingerprint density at radius 2 is 2.15 bits per heavy atom. The van der Waals surface area contributed by atoms with E-state index in [1.807, 2.05) is 17.0 Å². The van der Waals surface area contributed by atoms with Crippen molar-refractivity contribution in [3.8, 4) is 0 Å². The summed E-state index contributed by atoms with van der Waals surface area (Å²) in [7, 11) is 0. The van der Waals surface area contributed by atoms with Crippen LogP contribution in [0.4, 0.5) is 5.69 Å². The van der Waals surface area contributed by atoms with Crippen LogP contribution in [0.2, 0.25) is 0 Å². The summed E-state index contributed by atoms with van der Waals surface area (Å²) in [5.74, 6) is 0.235. The summed E-state index contributed by atoms with van der Waals surface area (Å²) in [6.45, 7) is 6.47. The van der Waals surface area contributed by atoms with Crippen LogP contribution in [-0.2, 0) is 11.2 Å². The van der Waals surface area contributed by atoms with Gasteiger partial charge in [-0.2, -0.15) is 0 Å². The minimum Gasteiger partial charge on any atom is -0.314 e. The lowest BCUT2D eigenvalue weighted by molar-refractivity contribution is -0.120. The number of rotatable bonds is 2. The predicted molar refractivity (Wildman–Crippen MR) is 83.7 cm³/mol. The molecule has 2 aliphatic heterocycles. The van der Waals surface area contributed by atoms with Crippen LogP contribution in [-0.4, -0.2) is 49.6 Å². The van der Waals surface area contributed by atoms with Gasteiger partial charge in [0.25, 0.3) is 0 Å². The molecule has 0 unspecified atom stereocenters.